The number of benzene rings is 2. The molecule has 2 N–H and O–H groups in total. The smallest absolute Gasteiger partial charge is 0.393 e. The predicted octanol–water partition coefficient (Wildman–Crippen LogP) is 6.57. The van der Waals surface area contributed by atoms with Crippen LogP contribution in [-0.2, 0) is 20.9 Å². The average molecular weight is 667 g/mol. The summed E-state index contributed by atoms with van der Waals surface area (Å²) in [6, 6.07) is 9.86. The van der Waals surface area contributed by atoms with Crippen LogP contribution in [0.1, 0.15) is 29.7 Å². The van der Waals surface area contributed by atoms with Gasteiger partial charge < -0.3 is 25.0 Å². The van der Waals surface area contributed by atoms with E-state index in [1.165, 1.54) is 18.4 Å². The molecule has 0 aliphatic carbocycles. The number of alkyl halides is 4. The van der Waals surface area contributed by atoms with Gasteiger partial charge in [-0.15, -0.1) is 11.3 Å². The van der Waals surface area contributed by atoms with Crippen molar-refractivity contribution in [2.24, 2.45) is 4.36 Å². The van der Waals surface area contributed by atoms with Gasteiger partial charge in [0, 0.05) is 32.6 Å². The number of anilines is 2. The molecular weight excluding hydrogens is 629 g/mol. The molecule has 5 rings (SSSR count). The van der Waals surface area contributed by atoms with Crippen molar-refractivity contribution >= 4 is 42.5 Å². The van der Waals surface area contributed by atoms with Crippen LogP contribution in [-0.4, -0.2) is 86.8 Å². The zero-order valence-electron chi connectivity index (χ0n) is 25.5. The van der Waals surface area contributed by atoms with Gasteiger partial charge in [0.25, 0.3) is 0 Å². The SMILES string of the molecule is COc1cc(S(C)(=O)=NC2CCOCC2)ccc1NCC#Cc1sc2c(NC3CCN(C)C[C@H]3F)cccc2c1CC(F)(F)F. The number of piperidine rings is 1. The van der Waals surface area contributed by atoms with Crippen LogP contribution >= 0.6 is 11.3 Å². The summed E-state index contributed by atoms with van der Waals surface area (Å²) in [6.45, 7) is 2.38. The van der Waals surface area contributed by atoms with Gasteiger partial charge in [-0.2, -0.15) is 13.2 Å². The van der Waals surface area contributed by atoms with Crippen molar-refractivity contribution < 1.29 is 31.2 Å². The molecule has 0 amide bonds. The minimum atomic E-state index is -4.42. The Morgan fingerprint density at radius 1 is 1.18 bits per heavy atom. The van der Waals surface area contributed by atoms with Gasteiger partial charge in [-0.1, -0.05) is 24.0 Å². The van der Waals surface area contributed by atoms with E-state index in [0.29, 0.717) is 63.2 Å². The second-order valence-corrected chi connectivity index (χ2v) is 14.8. The summed E-state index contributed by atoms with van der Waals surface area (Å²) in [5, 5.41) is 6.88. The van der Waals surface area contributed by atoms with Crippen molar-refractivity contribution in [3.8, 4) is 17.6 Å². The number of hydrogen-bond donors (Lipinski definition) is 2. The summed E-state index contributed by atoms with van der Waals surface area (Å²) in [5.41, 5.74) is 1.34. The summed E-state index contributed by atoms with van der Waals surface area (Å²) < 4.78 is 85.3. The number of hydrogen-bond acceptors (Lipinski definition) is 8. The zero-order chi connectivity index (χ0) is 32.2. The molecule has 2 aliphatic heterocycles. The van der Waals surface area contributed by atoms with Crippen LogP contribution in [0.25, 0.3) is 10.1 Å². The van der Waals surface area contributed by atoms with Gasteiger partial charge in [0.1, 0.15) is 11.9 Å². The maximum absolute atomic E-state index is 14.8. The Bertz CT molecular complexity index is 1680. The van der Waals surface area contributed by atoms with E-state index in [4.69, 9.17) is 9.47 Å². The fourth-order valence-corrected chi connectivity index (χ4v) is 8.35. The van der Waals surface area contributed by atoms with Crippen LogP contribution in [0, 0.1) is 11.8 Å². The van der Waals surface area contributed by atoms with Gasteiger partial charge in [0.05, 0.1) is 67.7 Å². The maximum atomic E-state index is 14.8. The molecule has 2 fully saturated rings. The van der Waals surface area contributed by atoms with Gasteiger partial charge >= 0.3 is 6.18 Å². The first-order valence-electron chi connectivity index (χ1n) is 14.8. The van der Waals surface area contributed by atoms with Crippen molar-refractivity contribution in [1.29, 1.82) is 0 Å². The second-order valence-electron chi connectivity index (χ2n) is 11.5. The largest absolute Gasteiger partial charge is 0.495 e. The molecule has 0 bridgehead atoms. The Labute approximate surface area is 265 Å². The molecule has 3 aromatic rings. The number of thiophene rings is 1. The van der Waals surface area contributed by atoms with E-state index >= 15 is 0 Å². The molecule has 244 valence electrons. The van der Waals surface area contributed by atoms with E-state index in [-0.39, 0.29) is 18.2 Å². The molecule has 1 aromatic heterocycles. The van der Waals surface area contributed by atoms with Crippen molar-refractivity contribution in [2.75, 3.05) is 63.9 Å². The van der Waals surface area contributed by atoms with E-state index in [0.717, 1.165) is 19.4 Å². The molecular formula is C32H38F4N4O3S2. The zero-order valence-corrected chi connectivity index (χ0v) is 27.1. The Morgan fingerprint density at radius 3 is 2.67 bits per heavy atom. The van der Waals surface area contributed by atoms with E-state index in [1.807, 2.05) is 11.9 Å². The highest BCUT2D eigenvalue weighted by Crippen LogP contribution is 2.39. The predicted molar refractivity (Wildman–Crippen MR) is 173 cm³/mol. The van der Waals surface area contributed by atoms with Crippen LogP contribution in [0.2, 0.25) is 0 Å². The average Bonchev–Trinajstić information content (AvgIpc) is 3.33. The molecule has 3 heterocycles. The Balaban J connectivity index is 1.36. The van der Waals surface area contributed by atoms with Gasteiger partial charge in [-0.25, -0.2) is 13.0 Å². The second kappa shape index (κ2) is 14.2. The van der Waals surface area contributed by atoms with Crippen LogP contribution in [0.5, 0.6) is 5.75 Å². The maximum Gasteiger partial charge on any atom is 0.393 e. The molecule has 3 atom stereocenters. The number of rotatable bonds is 8. The highest BCUT2D eigenvalue weighted by molar-refractivity contribution is 7.93. The molecule has 0 saturated carbocycles. The first kappa shape index (κ1) is 33.3. The summed E-state index contributed by atoms with van der Waals surface area (Å²) >= 11 is 1.18. The Hall–Kier alpha value is -3.05. The minimum Gasteiger partial charge on any atom is -0.495 e. The van der Waals surface area contributed by atoms with E-state index < -0.39 is 34.5 Å². The van der Waals surface area contributed by atoms with Gasteiger partial charge in [-0.05, 0) is 61.5 Å². The fraction of sp³-hybridized carbons (Fsp3) is 0.500. The lowest BCUT2D eigenvalue weighted by atomic mass is 10.0. The van der Waals surface area contributed by atoms with Crippen molar-refractivity contribution in [3.63, 3.8) is 0 Å². The van der Waals surface area contributed by atoms with E-state index in [2.05, 4.69) is 26.8 Å². The lowest BCUT2D eigenvalue weighted by Crippen LogP contribution is -2.46. The van der Waals surface area contributed by atoms with Crippen LogP contribution < -0.4 is 15.4 Å². The van der Waals surface area contributed by atoms with Crippen molar-refractivity contribution in [3.05, 3.63) is 46.8 Å². The quantitative estimate of drug-likeness (QED) is 0.210. The first-order valence-corrected chi connectivity index (χ1v) is 17.6. The summed E-state index contributed by atoms with van der Waals surface area (Å²) in [6.07, 6.45) is -2.94. The summed E-state index contributed by atoms with van der Waals surface area (Å²) in [4.78, 5) is 2.79. The molecule has 13 heteroatoms. The van der Waals surface area contributed by atoms with Crippen molar-refractivity contribution in [1.82, 2.24) is 4.90 Å². The third-order valence-corrected chi connectivity index (χ3v) is 11.0. The number of ether oxygens (including phenoxy) is 2. The number of nitrogens with zero attached hydrogens (tertiary/aromatic N) is 2. The van der Waals surface area contributed by atoms with Gasteiger partial charge in [0.15, 0.2) is 0 Å². The summed E-state index contributed by atoms with van der Waals surface area (Å²) in [7, 11) is 0.716. The molecule has 2 saturated heterocycles. The standard InChI is InChI=1S/C32H38F4N4O3S2/c1-40-15-11-26(25(33)20-40)38-28-7-4-6-23-24(19-32(34,35)36)30(44-31(23)28)8-5-14-37-27-10-9-22(18-29(27)42-2)45(3,41)39-21-12-16-43-17-13-21/h4,6-7,9-10,18,21,25-26,37-38H,11-17,19-20H2,1-3H3/t25-,26?,45?/m1/s1. The lowest BCUT2D eigenvalue weighted by molar-refractivity contribution is -0.126. The molecule has 0 spiro atoms. The lowest BCUT2D eigenvalue weighted by Gasteiger charge is -2.33. The number of methoxy groups -OCH3 is 1. The Morgan fingerprint density at radius 2 is 1.96 bits per heavy atom. The molecule has 7 nitrogen and oxygen atoms in total. The topological polar surface area (TPSA) is 75.2 Å². The molecule has 45 heavy (non-hydrogen) atoms. The Kier molecular flexibility index (Phi) is 10.5. The first-order chi connectivity index (χ1) is 21.4. The van der Waals surface area contributed by atoms with Crippen LogP contribution in [0.4, 0.5) is 28.9 Å². The van der Waals surface area contributed by atoms with Crippen LogP contribution in [0.15, 0.2) is 45.7 Å². The minimum absolute atomic E-state index is 0.0202. The molecule has 2 unspecified atom stereocenters. The van der Waals surface area contributed by atoms with Gasteiger partial charge in [0.2, 0.25) is 0 Å². The van der Waals surface area contributed by atoms with Crippen molar-refractivity contribution in [2.45, 2.75) is 55.0 Å². The third-order valence-electron chi connectivity index (χ3n) is 8.00. The molecule has 2 aliphatic rings. The number of likely N-dealkylation sites (tertiary alicyclic amines) is 1. The van der Waals surface area contributed by atoms with Crippen LogP contribution in [0.3, 0.4) is 0 Å². The number of halogens is 4. The number of nitrogens with one attached hydrogen (secondary N) is 2. The highest BCUT2D eigenvalue weighted by atomic mass is 32.2. The highest BCUT2D eigenvalue weighted by Gasteiger charge is 2.32. The molecule has 2 aromatic carbocycles. The molecule has 0 radical (unpaired) electrons. The third kappa shape index (κ3) is 8.41. The van der Waals surface area contributed by atoms with E-state index in [9.17, 15) is 21.8 Å². The van der Waals surface area contributed by atoms with Gasteiger partial charge in [-0.3, -0.25) is 0 Å². The monoisotopic (exact) mass is 666 g/mol. The summed E-state index contributed by atoms with van der Waals surface area (Å²) in [5.74, 6) is 6.36. The normalized spacial score (nSPS) is 21.0. The number of fused-ring (bicyclic) bond motifs is 1. The van der Waals surface area contributed by atoms with E-state index in [1.54, 1.807) is 42.7 Å². The fourth-order valence-electron chi connectivity index (χ4n) is 5.63.